The zero-order valence-corrected chi connectivity index (χ0v) is 10.8. The summed E-state index contributed by atoms with van der Waals surface area (Å²) in [5.74, 6) is -0.350. The minimum Gasteiger partial charge on any atom is -0.458 e. The lowest BCUT2D eigenvalue weighted by Crippen LogP contribution is -2.24. The minimum atomic E-state index is -0.350. The first-order chi connectivity index (χ1) is 7.74. The van der Waals surface area contributed by atoms with Gasteiger partial charge in [0.2, 0.25) is 0 Å². The number of nitrogens with zero attached hydrogens (tertiary/aromatic N) is 1. The molecule has 3 nitrogen and oxygen atoms in total. The first-order valence-electron chi connectivity index (χ1n) is 5.13. The van der Waals surface area contributed by atoms with Crippen LogP contribution in [0, 0.1) is 0 Å². The summed E-state index contributed by atoms with van der Waals surface area (Å²) in [4.78, 5) is 13.2. The van der Waals surface area contributed by atoms with Crippen LogP contribution < -0.4 is 0 Å². The van der Waals surface area contributed by atoms with Gasteiger partial charge in [-0.05, 0) is 0 Å². The molecule has 0 aliphatic rings. The molecule has 0 bridgehead atoms. The van der Waals surface area contributed by atoms with Crippen LogP contribution in [-0.2, 0) is 9.53 Å². The van der Waals surface area contributed by atoms with Gasteiger partial charge >= 0.3 is 5.97 Å². The number of esters is 1. The second-order valence-corrected chi connectivity index (χ2v) is 3.12. The molecule has 0 radical (unpaired) electrons. The van der Waals surface area contributed by atoms with E-state index in [2.05, 4.69) is 24.6 Å². The average molecular weight is 258 g/mol. The minimum absolute atomic E-state index is 0. The predicted octanol–water partition coefficient (Wildman–Crippen LogP) is 2.37. The third-order valence-corrected chi connectivity index (χ3v) is 1.74. The van der Waals surface area contributed by atoms with E-state index in [1.165, 1.54) is 12.2 Å². The zero-order chi connectivity index (χ0) is 12.2. The van der Waals surface area contributed by atoms with E-state index in [0.29, 0.717) is 6.54 Å². The van der Waals surface area contributed by atoms with Crippen molar-refractivity contribution in [1.29, 1.82) is 0 Å². The number of carbonyl (C=O) groups excluding carboxylic acids is 1. The standard InChI is InChI=1S/C13H19NO2.ClH/c1-4-9-14(10-5-2)11-7-8-13(15)16-12-6-3;/h4-8H,1-3,9-12H2;1H. The average Bonchev–Trinajstić information content (AvgIpc) is 2.27. The van der Waals surface area contributed by atoms with Crippen molar-refractivity contribution in [3.63, 3.8) is 0 Å². The highest BCUT2D eigenvalue weighted by atomic mass is 35.5. The Bertz CT molecular complexity index is 265. The van der Waals surface area contributed by atoms with Gasteiger partial charge in [-0.15, -0.1) is 25.6 Å². The van der Waals surface area contributed by atoms with E-state index in [1.54, 1.807) is 6.08 Å². The van der Waals surface area contributed by atoms with E-state index < -0.39 is 0 Å². The Hall–Kier alpha value is -1.32. The monoisotopic (exact) mass is 257 g/mol. The van der Waals surface area contributed by atoms with Gasteiger partial charge in [-0.25, -0.2) is 4.79 Å². The Morgan fingerprint density at radius 3 is 2.12 bits per heavy atom. The van der Waals surface area contributed by atoms with Crippen LogP contribution in [0.1, 0.15) is 0 Å². The molecular formula is C13H20ClNO2. The fourth-order valence-electron chi connectivity index (χ4n) is 1.08. The van der Waals surface area contributed by atoms with Crippen molar-refractivity contribution in [3.8, 4) is 0 Å². The molecule has 0 unspecified atom stereocenters. The van der Waals surface area contributed by atoms with Gasteiger partial charge in [-0.3, -0.25) is 4.90 Å². The summed E-state index contributed by atoms with van der Waals surface area (Å²) in [6, 6.07) is 0. The highest BCUT2D eigenvalue weighted by Crippen LogP contribution is 1.91. The van der Waals surface area contributed by atoms with Crippen molar-refractivity contribution in [2.24, 2.45) is 0 Å². The lowest BCUT2D eigenvalue weighted by Gasteiger charge is -2.15. The number of carbonyl (C=O) groups is 1. The second-order valence-electron chi connectivity index (χ2n) is 3.12. The first kappa shape index (κ1) is 18.1. The van der Waals surface area contributed by atoms with E-state index in [-0.39, 0.29) is 25.0 Å². The fourth-order valence-corrected chi connectivity index (χ4v) is 1.08. The highest BCUT2D eigenvalue weighted by molar-refractivity contribution is 5.85. The Kier molecular flexibility index (Phi) is 13.5. The number of ether oxygens (including phenoxy) is 1. The van der Waals surface area contributed by atoms with Crippen LogP contribution in [0.3, 0.4) is 0 Å². The number of rotatable bonds is 9. The lowest BCUT2D eigenvalue weighted by atomic mass is 10.4. The Labute approximate surface area is 110 Å². The van der Waals surface area contributed by atoms with Crippen LogP contribution in [0.2, 0.25) is 0 Å². The molecule has 0 saturated carbocycles. The molecule has 17 heavy (non-hydrogen) atoms. The van der Waals surface area contributed by atoms with Crippen LogP contribution in [0.5, 0.6) is 0 Å². The molecule has 0 aliphatic carbocycles. The first-order valence-corrected chi connectivity index (χ1v) is 5.13. The van der Waals surface area contributed by atoms with Crippen molar-refractivity contribution < 1.29 is 9.53 Å². The topological polar surface area (TPSA) is 29.5 Å². The van der Waals surface area contributed by atoms with Crippen LogP contribution in [0.15, 0.2) is 50.1 Å². The van der Waals surface area contributed by atoms with Crippen LogP contribution in [0.25, 0.3) is 0 Å². The molecule has 0 rings (SSSR count). The molecule has 0 aromatic heterocycles. The molecule has 4 heteroatoms. The van der Waals surface area contributed by atoms with Crippen LogP contribution >= 0.6 is 12.4 Å². The molecule has 0 saturated heterocycles. The van der Waals surface area contributed by atoms with Gasteiger partial charge in [0.15, 0.2) is 0 Å². The van der Waals surface area contributed by atoms with Gasteiger partial charge < -0.3 is 4.74 Å². The van der Waals surface area contributed by atoms with E-state index in [9.17, 15) is 4.79 Å². The molecule has 0 fully saturated rings. The van der Waals surface area contributed by atoms with Gasteiger partial charge in [0.05, 0.1) is 0 Å². The summed E-state index contributed by atoms with van der Waals surface area (Å²) in [6.45, 7) is 13.2. The third-order valence-electron chi connectivity index (χ3n) is 1.74. The number of hydrogen-bond acceptors (Lipinski definition) is 3. The zero-order valence-electron chi connectivity index (χ0n) is 10.0. The maximum absolute atomic E-state index is 11.1. The summed E-state index contributed by atoms with van der Waals surface area (Å²) in [6.07, 6.45) is 8.34. The van der Waals surface area contributed by atoms with Gasteiger partial charge in [0.25, 0.3) is 0 Å². The highest BCUT2D eigenvalue weighted by Gasteiger charge is 1.98. The molecule has 0 aromatic rings. The van der Waals surface area contributed by atoms with Crippen molar-refractivity contribution in [2.45, 2.75) is 0 Å². The summed E-state index contributed by atoms with van der Waals surface area (Å²) in [5, 5.41) is 0. The summed E-state index contributed by atoms with van der Waals surface area (Å²) < 4.78 is 4.79. The summed E-state index contributed by atoms with van der Waals surface area (Å²) in [7, 11) is 0. The number of hydrogen-bond donors (Lipinski definition) is 0. The largest absolute Gasteiger partial charge is 0.458 e. The normalized spacial score (nSPS) is 9.71. The maximum atomic E-state index is 11.1. The molecule has 0 aromatic carbocycles. The van der Waals surface area contributed by atoms with Gasteiger partial charge in [-0.1, -0.05) is 30.9 Å². The van der Waals surface area contributed by atoms with E-state index in [4.69, 9.17) is 4.74 Å². The van der Waals surface area contributed by atoms with Crippen LogP contribution in [-0.4, -0.2) is 37.1 Å². The smallest absolute Gasteiger partial charge is 0.330 e. The SMILES string of the molecule is C=CCOC(=O)C=CCN(CC=C)CC=C.Cl. The van der Waals surface area contributed by atoms with E-state index in [0.717, 1.165) is 13.1 Å². The van der Waals surface area contributed by atoms with Crippen LogP contribution in [0.4, 0.5) is 0 Å². The lowest BCUT2D eigenvalue weighted by molar-refractivity contribution is -0.136. The third kappa shape index (κ3) is 11.0. The van der Waals surface area contributed by atoms with Crippen molar-refractivity contribution in [1.82, 2.24) is 4.90 Å². The maximum Gasteiger partial charge on any atom is 0.330 e. The molecule has 0 spiro atoms. The van der Waals surface area contributed by atoms with Crippen molar-refractivity contribution in [2.75, 3.05) is 26.2 Å². The Morgan fingerprint density at radius 2 is 1.65 bits per heavy atom. The summed E-state index contributed by atoms with van der Waals surface area (Å²) in [5.41, 5.74) is 0. The molecule has 0 N–H and O–H groups in total. The molecule has 0 aliphatic heterocycles. The molecule has 0 atom stereocenters. The number of halogens is 1. The predicted molar refractivity (Wildman–Crippen MR) is 74.4 cm³/mol. The van der Waals surface area contributed by atoms with Crippen molar-refractivity contribution in [3.05, 3.63) is 50.1 Å². The molecule has 96 valence electrons. The molecular weight excluding hydrogens is 238 g/mol. The summed E-state index contributed by atoms with van der Waals surface area (Å²) >= 11 is 0. The molecule has 0 amide bonds. The quantitative estimate of drug-likeness (QED) is 0.361. The van der Waals surface area contributed by atoms with E-state index in [1.807, 2.05) is 12.2 Å². The van der Waals surface area contributed by atoms with Gasteiger partial charge in [0, 0.05) is 25.7 Å². The second kappa shape index (κ2) is 12.7. The van der Waals surface area contributed by atoms with Crippen molar-refractivity contribution >= 4 is 18.4 Å². The van der Waals surface area contributed by atoms with Gasteiger partial charge in [0.1, 0.15) is 6.61 Å². The Balaban J connectivity index is 0. The molecule has 0 heterocycles. The van der Waals surface area contributed by atoms with Gasteiger partial charge in [-0.2, -0.15) is 0 Å². The van der Waals surface area contributed by atoms with E-state index >= 15 is 0 Å². The Morgan fingerprint density at radius 1 is 1.06 bits per heavy atom. The fraction of sp³-hybridized carbons (Fsp3) is 0.308.